The van der Waals surface area contributed by atoms with Crippen molar-refractivity contribution in [1.82, 2.24) is 19.8 Å². The minimum atomic E-state index is -0.697. The van der Waals surface area contributed by atoms with E-state index < -0.39 is 11.9 Å². The van der Waals surface area contributed by atoms with Crippen molar-refractivity contribution in [3.8, 4) is 0 Å². The van der Waals surface area contributed by atoms with Gasteiger partial charge in [-0.2, -0.15) is 9.61 Å². The van der Waals surface area contributed by atoms with Gasteiger partial charge in [0.25, 0.3) is 0 Å². The Balaban J connectivity index is 2.04. The summed E-state index contributed by atoms with van der Waals surface area (Å²) in [5.41, 5.74) is 0.625. The Hall–Kier alpha value is -2.35. The Labute approximate surface area is 123 Å². The van der Waals surface area contributed by atoms with E-state index in [2.05, 4.69) is 15.3 Å². The summed E-state index contributed by atoms with van der Waals surface area (Å²) < 4.78 is 19.7. The van der Waals surface area contributed by atoms with Crippen molar-refractivity contribution < 1.29 is 13.9 Å². The predicted octanol–water partition coefficient (Wildman–Crippen LogP) is 2.02. The van der Waals surface area contributed by atoms with Crippen LogP contribution in [0.15, 0.2) is 30.6 Å². The van der Waals surface area contributed by atoms with E-state index in [1.54, 1.807) is 19.1 Å². The lowest BCUT2D eigenvalue weighted by Gasteiger charge is -2.13. The van der Waals surface area contributed by atoms with Crippen LogP contribution in [0.25, 0.3) is 4.96 Å². The third-order valence-corrected chi connectivity index (χ3v) is 3.85. The van der Waals surface area contributed by atoms with Gasteiger partial charge in [0, 0.05) is 0 Å². The van der Waals surface area contributed by atoms with E-state index in [9.17, 15) is 9.18 Å². The van der Waals surface area contributed by atoms with Crippen LogP contribution < -0.4 is 0 Å². The monoisotopic (exact) mass is 306 g/mol. The van der Waals surface area contributed by atoms with E-state index in [1.165, 1.54) is 34.3 Å². The van der Waals surface area contributed by atoms with Gasteiger partial charge in [0.1, 0.15) is 23.1 Å². The maximum absolute atomic E-state index is 13.1. The molecule has 0 aliphatic carbocycles. The molecular formula is C13H11FN4O2S. The lowest BCUT2D eigenvalue weighted by molar-refractivity contribution is -0.143. The van der Waals surface area contributed by atoms with E-state index in [0.717, 1.165) is 0 Å². The highest BCUT2D eigenvalue weighted by Crippen LogP contribution is 2.29. The first-order valence-electron chi connectivity index (χ1n) is 6.28. The first-order chi connectivity index (χ1) is 10.2. The molecule has 0 bridgehead atoms. The molecule has 0 aliphatic heterocycles. The molecule has 1 atom stereocenters. The van der Waals surface area contributed by atoms with Crippen LogP contribution in [0, 0.1) is 5.82 Å². The predicted molar refractivity (Wildman–Crippen MR) is 73.5 cm³/mol. The van der Waals surface area contributed by atoms with Crippen LogP contribution in [0.5, 0.6) is 0 Å². The number of hydrogen-bond donors (Lipinski definition) is 0. The minimum absolute atomic E-state index is 0.264. The van der Waals surface area contributed by atoms with Gasteiger partial charge in [-0.3, -0.25) is 4.79 Å². The quantitative estimate of drug-likeness (QED) is 0.690. The molecule has 2 heterocycles. The van der Waals surface area contributed by atoms with E-state index in [1.807, 2.05) is 0 Å². The maximum Gasteiger partial charge on any atom is 0.320 e. The first-order valence-corrected chi connectivity index (χ1v) is 7.09. The Morgan fingerprint density at radius 1 is 1.43 bits per heavy atom. The van der Waals surface area contributed by atoms with Crippen LogP contribution in [-0.2, 0) is 9.53 Å². The summed E-state index contributed by atoms with van der Waals surface area (Å²) in [7, 11) is 0. The van der Waals surface area contributed by atoms with Crippen LogP contribution in [0.4, 0.5) is 4.39 Å². The molecule has 0 radical (unpaired) electrons. The summed E-state index contributed by atoms with van der Waals surface area (Å²) in [4.78, 5) is 12.8. The van der Waals surface area contributed by atoms with Gasteiger partial charge < -0.3 is 4.74 Å². The molecule has 0 fully saturated rings. The summed E-state index contributed by atoms with van der Waals surface area (Å²) in [6.45, 7) is 2.00. The van der Waals surface area contributed by atoms with Gasteiger partial charge in [-0.1, -0.05) is 23.5 Å². The summed E-state index contributed by atoms with van der Waals surface area (Å²) >= 11 is 1.25. The van der Waals surface area contributed by atoms with E-state index in [-0.39, 0.29) is 12.4 Å². The Morgan fingerprint density at radius 3 is 2.86 bits per heavy atom. The van der Waals surface area contributed by atoms with Crippen molar-refractivity contribution in [2.75, 3.05) is 6.61 Å². The fourth-order valence-electron chi connectivity index (χ4n) is 1.95. The molecular weight excluding hydrogens is 295 g/mol. The number of carbonyl (C=O) groups excluding carboxylic acids is 1. The number of carbonyl (C=O) groups is 1. The second kappa shape index (κ2) is 5.57. The van der Waals surface area contributed by atoms with E-state index in [4.69, 9.17) is 4.74 Å². The molecule has 1 aromatic carbocycles. The smallest absolute Gasteiger partial charge is 0.320 e. The second-order valence-corrected chi connectivity index (χ2v) is 5.22. The molecule has 0 amide bonds. The molecule has 6 nitrogen and oxygen atoms in total. The molecule has 2 aromatic heterocycles. The van der Waals surface area contributed by atoms with Crippen molar-refractivity contribution in [2.45, 2.75) is 12.8 Å². The molecule has 0 saturated heterocycles. The van der Waals surface area contributed by atoms with Gasteiger partial charge in [-0.15, -0.1) is 10.2 Å². The number of aromatic nitrogens is 4. The standard InChI is InChI=1S/C13H11FN4O2S/c1-2-20-12(19)10(8-3-5-9(14)6-4-8)11-17-18-7-15-16-13(18)21-11/h3-7,10H,2H2,1H3. The number of fused-ring (bicyclic) bond motifs is 1. The first kappa shape index (κ1) is 13.6. The van der Waals surface area contributed by atoms with E-state index in [0.29, 0.717) is 15.5 Å². The van der Waals surface area contributed by atoms with Crippen LogP contribution in [0.3, 0.4) is 0 Å². The molecule has 3 aromatic rings. The number of nitrogens with zero attached hydrogens (tertiary/aromatic N) is 4. The number of esters is 1. The zero-order valence-corrected chi connectivity index (χ0v) is 11.9. The Morgan fingerprint density at radius 2 is 2.19 bits per heavy atom. The highest BCUT2D eigenvalue weighted by atomic mass is 32.1. The summed E-state index contributed by atoms with van der Waals surface area (Å²) in [5.74, 6) is -1.48. The molecule has 21 heavy (non-hydrogen) atoms. The third kappa shape index (κ3) is 2.62. The number of rotatable bonds is 4. The van der Waals surface area contributed by atoms with Crippen LogP contribution in [-0.4, -0.2) is 32.4 Å². The number of hydrogen-bond acceptors (Lipinski definition) is 6. The Bertz CT molecular complexity index is 739. The lowest BCUT2D eigenvalue weighted by Crippen LogP contribution is -2.17. The topological polar surface area (TPSA) is 69.4 Å². The van der Waals surface area contributed by atoms with Crippen molar-refractivity contribution in [2.24, 2.45) is 0 Å². The van der Waals surface area contributed by atoms with E-state index >= 15 is 0 Å². The molecule has 3 rings (SSSR count). The van der Waals surface area contributed by atoms with Crippen LogP contribution >= 0.6 is 11.3 Å². The number of benzene rings is 1. The summed E-state index contributed by atoms with van der Waals surface area (Å²) in [6.07, 6.45) is 1.46. The summed E-state index contributed by atoms with van der Waals surface area (Å²) in [6, 6.07) is 5.72. The normalized spacial score (nSPS) is 12.5. The fraction of sp³-hybridized carbons (Fsp3) is 0.231. The number of halogens is 1. The van der Waals surface area contributed by atoms with Crippen molar-refractivity contribution in [3.63, 3.8) is 0 Å². The van der Waals surface area contributed by atoms with Crippen molar-refractivity contribution >= 4 is 22.3 Å². The minimum Gasteiger partial charge on any atom is -0.465 e. The average Bonchev–Trinajstić information content (AvgIpc) is 3.03. The fourth-order valence-corrected chi connectivity index (χ4v) is 2.89. The van der Waals surface area contributed by atoms with Gasteiger partial charge in [-0.25, -0.2) is 4.39 Å². The van der Waals surface area contributed by atoms with Crippen molar-refractivity contribution in [3.05, 3.63) is 47.0 Å². The molecule has 0 spiro atoms. The van der Waals surface area contributed by atoms with Crippen molar-refractivity contribution in [1.29, 1.82) is 0 Å². The van der Waals surface area contributed by atoms with Gasteiger partial charge in [0.2, 0.25) is 4.96 Å². The Kier molecular flexibility index (Phi) is 3.61. The SMILES string of the molecule is CCOC(=O)C(c1ccc(F)cc1)c1nn2cnnc2s1. The molecule has 0 N–H and O–H groups in total. The number of ether oxygens (including phenoxy) is 1. The molecule has 108 valence electrons. The molecule has 0 saturated carbocycles. The maximum atomic E-state index is 13.1. The lowest BCUT2D eigenvalue weighted by atomic mass is 10.00. The van der Waals surface area contributed by atoms with Gasteiger partial charge in [0.05, 0.1) is 6.61 Å². The highest BCUT2D eigenvalue weighted by Gasteiger charge is 2.28. The second-order valence-electron chi connectivity index (χ2n) is 4.23. The van der Waals surface area contributed by atoms with Crippen LogP contribution in [0.1, 0.15) is 23.4 Å². The van der Waals surface area contributed by atoms with Gasteiger partial charge in [0.15, 0.2) is 0 Å². The largest absolute Gasteiger partial charge is 0.465 e. The highest BCUT2D eigenvalue weighted by molar-refractivity contribution is 7.16. The van der Waals surface area contributed by atoms with Gasteiger partial charge >= 0.3 is 5.97 Å². The van der Waals surface area contributed by atoms with Crippen LogP contribution in [0.2, 0.25) is 0 Å². The zero-order chi connectivity index (χ0) is 14.8. The molecule has 8 heteroatoms. The summed E-state index contributed by atoms with van der Waals surface area (Å²) in [5, 5.41) is 12.4. The molecule has 0 aliphatic rings. The third-order valence-electron chi connectivity index (χ3n) is 2.88. The average molecular weight is 306 g/mol. The van der Waals surface area contributed by atoms with Gasteiger partial charge in [-0.05, 0) is 24.6 Å². The zero-order valence-electron chi connectivity index (χ0n) is 11.1. The molecule has 1 unspecified atom stereocenters.